The maximum absolute atomic E-state index is 12.0. The van der Waals surface area contributed by atoms with Gasteiger partial charge in [0.2, 0.25) is 0 Å². The van der Waals surface area contributed by atoms with Crippen LogP contribution in [0.15, 0.2) is 36.1 Å². The number of ether oxygens (including phenoxy) is 1. The highest BCUT2D eigenvalue weighted by Gasteiger charge is 2.11. The molecule has 3 heteroatoms. The molecule has 2 nitrogen and oxygen atoms in total. The van der Waals surface area contributed by atoms with Gasteiger partial charge in [-0.05, 0) is 47.6 Å². The monoisotopic (exact) mass is 342 g/mol. The van der Waals surface area contributed by atoms with E-state index >= 15 is 0 Å². The topological polar surface area (TPSA) is 26.3 Å². The van der Waals surface area contributed by atoms with Gasteiger partial charge in [0.15, 0.2) is 5.78 Å². The number of carbonyl (C=O) groups is 1. The fraction of sp³-hybridized carbons (Fsp3) is 0.357. The van der Waals surface area contributed by atoms with Crippen molar-refractivity contribution in [3.63, 3.8) is 0 Å². The van der Waals surface area contributed by atoms with E-state index in [1.165, 1.54) is 0 Å². The highest BCUT2D eigenvalue weighted by atomic mass is 127. The Balaban J connectivity index is 1.93. The van der Waals surface area contributed by atoms with Crippen molar-refractivity contribution in [2.75, 3.05) is 6.61 Å². The quantitative estimate of drug-likeness (QED) is 0.612. The van der Waals surface area contributed by atoms with Gasteiger partial charge in [0, 0.05) is 22.0 Å². The molecule has 0 bridgehead atoms. The summed E-state index contributed by atoms with van der Waals surface area (Å²) >= 11 is 2.20. The van der Waals surface area contributed by atoms with Gasteiger partial charge in [-0.15, -0.1) is 0 Å². The Labute approximate surface area is 115 Å². The lowest BCUT2D eigenvalue weighted by Gasteiger charge is -2.14. The zero-order valence-corrected chi connectivity index (χ0v) is 11.8. The Morgan fingerprint density at radius 1 is 1.35 bits per heavy atom. The molecule has 1 heterocycles. The summed E-state index contributed by atoms with van der Waals surface area (Å²) in [4.78, 5) is 12.0. The van der Waals surface area contributed by atoms with Crippen molar-refractivity contribution in [1.82, 2.24) is 0 Å². The molecule has 2 rings (SSSR count). The molecule has 17 heavy (non-hydrogen) atoms. The first-order chi connectivity index (χ1) is 8.27. The highest BCUT2D eigenvalue weighted by molar-refractivity contribution is 14.1. The lowest BCUT2D eigenvalue weighted by Crippen LogP contribution is -2.06. The third-order valence-electron chi connectivity index (χ3n) is 2.78. The van der Waals surface area contributed by atoms with Gasteiger partial charge in [-0.1, -0.05) is 18.2 Å². The fourth-order valence-electron chi connectivity index (χ4n) is 1.84. The third-order valence-corrected chi connectivity index (χ3v) is 3.72. The fourth-order valence-corrected chi connectivity index (χ4v) is 2.53. The molecule has 0 saturated carbocycles. The van der Waals surface area contributed by atoms with Crippen LogP contribution in [0, 0.1) is 3.57 Å². The van der Waals surface area contributed by atoms with E-state index in [4.69, 9.17) is 4.74 Å². The minimum atomic E-state index is 0.199. The first kappa shape index (κ1) is 12.6. The van der Waals surface area contributed by atoms with Crippen molar-refractivity contribution >= 4 is 28.4 Å². The summed E-state index contributed by atoms with van der Waals surface area (Å²) in [6.07, 6.45) is 5.53. The van der Waals surface area contributed by atoms with Crippen molar-refractivity contribution in [2.24, 2.45) is 0 Å². The third kappa shape index (κ3) is 3.56. The number of allylic oxidation sites excluding steroid dienone is 2. The van der Waals surface area contributed by atoms with Crippen LogP contribution >= 0.6 is 22.6 Å². The summed E-state index contributed by atoms with van der Waals surface area (Å²) in [7, 11) is 0. The molecule has 1 aliphatic rings. The van der Waals surface area contributed by atoms with Crippen molar-refractivity contribution in [3.8, 4) is 0 Å². The molecular formula is C14H15IO2. The molecule has 0 aromatic heterocycles. The zero-order valence-electron chi connectivity index (χ0n) is 9.62. The van der Waals surface area contributed by atoms with Crippen molar-refractivity contribution in [2.45, 2.75) is 25.7 Å². The molecule has 0 fully saturated rings. The Kier molecular flexibility index (Phi) is 4.59. The van der Waals surface area contributed by atoms with Gasteiger partial charge in [0.25, 0.3) is 0 Å². The normalized spacial score (nSPS) is 15.0. The molecule has 1 aliphatic heterocycles. The van der Waals surface area contributed by atoms with Crippen LogP contribution in [0.4, 0.5) is 0 Å². The van der Waals surface area contributed by atoms with Crippen LogP contribution in [0.1, 0.15) is 36.0 Å². The van der Waals surface area contributed by atoms with Crippen molar-refractivity contribution in [1.29, 1.82) is 0 Å². The molecular weight excluding hydrogens is 327 g/mol. The molecule has 0 aliphatic carbocycles. The van der Waals surface area contributed by atoms with Crippen LogP contribution in [0.5, 0.6) is 0 Å². The smallest absolute Gasteiger partial charge is 0.164 e. The molecule has 0 atom stereocenters. The number of halogens is 1. The first-order valence-electron chi connectivity index (χ1n) is 5.87. The second-order valence-electron chi connectivity index (χ2n) is 4.06. The number of hydrogen-bond donors (Lipinski definition) is 0. The van der Waals surface area contributed by atoms with E-state index < -0.39 is 0 Å². The Morgan fingerprint density at radius 3 is 2.88 bits per heavy atom. The number of hydrogen-bond acceptors (Lipinski definition) is 2. The summed E-state index contributed by atoms with van der Waals surface area (Å²) in [5.41, 5.74) is 0.824. The average molecular weight is 342 g/mol. The minimum Gasteiger partial charge on any atom is -0.498 e. The lowest BCUT2D eigenvalue weighted by molar-refractivity contribution is 0.0969. The summed E-state index contributed by atoms with van der Waals surface area (Å²) in [6.45, 7) is 0.795. The predicted molar refractivity (Wildman–Crippen MR) is 76.0 cm³/mol. The minimum absolute atomic E-state index is 0.199. The summed E-state index contributed by atoms with van der Waals surface area (Å²) in [5, 5.41) is 0. The van der Waals surface area contributed by atoms with Gasteiger partial charge in [0.05, 0.1) is 12.4 Å². The maximum atomic E-state index is 12.0. The van der Waals surface area contributed by atoms with Gasteiger partial charge < -0.3 is 4.74 Å². The predicted octanol–water partition coefficient (Wildman–Crippen LogP) is 3.95. The van der Waals surface area contributed by atoms with E-state index in [-0.39, 0.29) is 5.78 Å². The zero-order chi connectivity index (χ0) is 12.1. The molecule has 1 aromatic carbocycles. The second-order valence-corrected chi connectivity index (χ2v) is 5.23. The SMILES string of the molecule is O=C(CCC1=CCCCO1)c1ccccc1I. The van der Waals surface area contributed by atoms with E-state index in [1.807, 2.05) is 24.3 Å². The number of ketones is 1. The van der Waals surface area contributed by atoms with Gasteiger partial charge in [-0.25, -0.2) is 0 Å². The first-order valence-corrected chi connectivity index (χ1v) is 6.95. The number of benzene rings is 1. The molecule has 0 spiro atoms. The maximum Gasteiger partial charge on any atom is 0.164 e. The van der Waals surface area contributed by atoms with E-state index in [2.05, 4.69) is 28.7 Å². The molecule has 90 valence electrons. The summed E-state index contributed by atoms with van der Waals surface area (Å²) in [6, 6.07) is 7.71. The number of carbonyl (C=O) groups excluding carboxylic acids is 1. The van der Waals surface area contributed by atoms with Gasteiger partial charge in [-0.3, -0.25) is 4.79 Å². The Bertz CT molecular complexity index is 438. The Hall–Kier alpha value is -0.840. The standard InChI is InChI=1S/C14H15IO2/c15-13-7-2-1-6-12(13)14(16)9-8-11-5-3-4-10-17-11/h1-2,5-7H,3-4,8-10H2. The van der Waals surface area contributed by atoms with Crippen molar-refractivity contribution in [3.05, 3.63) is 45.2 Å². The molecule has 0 radical (unpaired) electrons. The molecule has 1 aromatic rings. The lowest BCUT2D eigenvalue weighted by atomic mass is 10.1. The van der Waals surface area contributed by atoms with E-state index in [0.29, 0.717) is 6.42 Å². The average Bonchev–Trinajstić information content (AvgIpc) is 2.38. The molecule has 0 saturated heterocycles. The molecule has 0 amide bonds. The van der Waals surface area contributed by atoms with Gasteiger partial charge in [-0.2, -0.15) is 0 Å². The van der Waals surface area contributed by atoms with Crippen LogP contribution in [-0.2, 0) is 4.74 Å². The van der Waals surface area contributed by atoms with Crippen molar-refractivity contribution < 1.29 is 9.53 Å². The van der Waals surface area contributed by atoms with Crippen LogP contribution in [0.3, 0.4) is 0 Å². The second kappa shape index (κ2) is 6.19. The van der Waals surface area contributed by atoms with Gasteiger partial charge in [0.1, 0.15) is 0 Å². The number of rotatable bonds is 4. The largest absolute Gasteiger partial charge is 0.498 e. The molecule has 0 N–H and O–H groups in total. The van der Waals surface area contributed by atoms with Crippen LogP contribution in [-0.4, -0.2) is 12.4 Å². The molecule has 0 unspecified atom stereocenters. The van der Waals surface area contributed by atoms with E-state index in [9.17, 15) is 4.79 Å². The van der Waals surface area contributed by atoms with Crippen LogP contribution in [0.25, 0.3) is 0 Å². The summed E-state index contributed by atoms with van der Waals surface area (Å²) in [5.74, 6) is 1.18. The number of Topliss-reactive ketones (excluding diaryl/α,β-unsaturated/α-hetero) is 1. The van der Waals surface area contributed by atoms with E-state index in [0.717, 1.165) is 40.8 Å². The van der Waals surface area contributed by atoms with Crippen LogP contribution < -0.4 is 0 Å². The van der Waals surface area contributed by atoms with Gasteiger partial charge >= 0.3 is 0 Å². The highest BCUT2D eigenvalue weighted by Crippen LogP contribution is 2.19. The summed E-state index contributed by atoms with van der Waals surface area (Å²) < 4.78 is 6.52. The van der Waals surface area contributed by atoms with E-state index in [1.54, 1.807) is 0 Å². The van der Waals surface area contributed by atoms with Crippen LogP contribution in [0.2, 0.25) is 0 Å². The Morgan fingerprint density at radius 2 is 2.18 bits per heavy atom.